The molecule has 1 fully saturated rings. The lowest BCUT2D eigenvalue weighted by Crippen LogP contribution is -2.66. The van der Waals surface area contributed by atoms with E-state index < -0.39 is 67.8 Å². The monoisotopic (exact) mass is 777 g/mol. The molecule has 300 valence electrons. The first-order valence-electron chi connectivity index (χ1n) is 18.5. The number of amides is 1. The van der Waals surface area contributed by atoms with Crippen molar-refractivity contribution in [3.8, 4) is 0 Å². The van der Waals surface area contributed by atoms with E-state index in [0.717, 1.165) is 16.7 Å². The highest BCUT2D eigenvalue weighted by Crippen LogP contribution is 2.39. The number of halogens is 2. The smallest absolute Gasteiger partial charge is 0.408 e. The van der Waals surface area contributed by atoms with Gasteiger partial charge in [0.05, 0.1) is 33.0 Å². The standard InChI is InChI=1S/C43H49F2NO10/c1-3-51-41(47)35(46-42(48)54-28-34-22-14-7-15-23-34)24-43(44,45)40-39(55-30-49-2)38(53-27-33-20-12-6-13-21-33)37(52-26-32-18-10-5-11-19-32)36(56-40)29-50-25-31-16-8-4-9-17-31/h4-23,35-40H,3,24-30H2,1-2H3,(H,46,48)/t35-,36-,37+,38+,39-,40+/m1/s1. The van der Waals surface area contributed by atoms with E-state index in [9.17, 15) is 9.59 Å². The Balaban J connectivity index is 1.45. The van der Waals surface area contributed by atoms with Crippen molar-refractivity contribution in [3.63, 3.8) is 0 Å². The summed E-state index contributed by atoms with van der Waals surface area (Å²) in [6.07, 6.45) is -9.07. The number of nitrogens with one attached hydrogen (secondary N) is 1. The molecule has 0 saturated carbocycles. The molecular formula is C43H49F2NO10. The van der Waals surface area contributed by atoms with E-state index in [0.29, 0.717) is 5.56 Å². The van der Waals surface area contributed by atoms with Crippen molar-refractivity contribution in [2.45, 2.75) is 82.3 Å². The van der Waals surface area contributed by atoms with Crippen LogP contribution in [-0.2, 0) is 69.1 Å². The molecule has 1 amide bonds. The van der Waals surface area contributed by atoms with Crippen LogP contribution in [0.15, 0.2) is 121 Å². The third-order valence-electron chi connectivity index (χ3n) is 8.94. The number of carbonyl (C=O) groups is 2. The molecule has 13 heteroatoms. The Morgan fingerprint density at radius 3 is 1.70 bits per heavy atom. The van der Waals surface area contributed by atoms with Crippen molar-refractivity contribution in [1.29, 1.82) is 0 Å². The zero-order chi connectivity index (χ0) is 39.6. The molecule has 0 aliphatic carbocycles. The number of methoxy groups -OCH3 is 1. The summed E-state index contributed by atoms with van der Waals surface area (Å²) in [6, 6.07) is 35.0. The fourth-order valence-corrected chi connectivity index (χ4v) is 6.24. The lowest BCUT2D eigenvalue weighted by Gasteiger charge is -2.48. The quantitative estimate of drug-likeness (QED) is 0.0699. The maximum Gasteiger partial charge on any atom is 0.408 e. The molecule has 11 nitrogen and oxygen atoms in total. The minimum absolute atomic E-state index is 0.0275. The SMILES string of the molecule is CCOC(=O)[C@@H](CC(F)(F)[C@H]1O[C@H](COCc2ccccc2)[C@H](OCc2ccccc2)[C@H](OCc2ccccc2)[C@H]1OCOC)NC(=O)OCc1ccccc1. The van der Waals surface area contributed by atoms with Gasteiger partial charge in [0.15, 0.2) is 6.10 Å². The maximum atomic E-state index is 17.0. The number of rotatable bonds is 21. The Hall–Kier alpha value is -4.76. The molecule has 5 rings (SSSR count). The molecule has 1 aliphatic rings. The third kappa shape index (κ3) is 12.9. The number of benzene rings is 4. The van der Waals surface area contributed by atoms with Crippen LogP contribution in [-0.4, -0.2) is 81.7 Å². The highest BCUT2D eigenvalue weighted by Gasteiger charge is 2.58. The number of hydrogen-bond acceptors (Lipinski definition) is 10. The van der Waals surface area contributed by atoms with Gasteiger partial charge in [-0.15, -0.1) is 0 Å². The topological polar surface area (TPSA) is 120 Å². The fourth-order valence-electron chi connectivity index (χ4n) is 6.24. The summed E-state index contributed by atoms with van der Waals surface area (Å²) in [7, 11) is 1.36. The van der Waals surface area contributed by atoms with Crippen LogP contribution >= 0.6 is 0 Å². The molecule has 0 unspecified atom stereocenters. The van der Waals surface area contributed by atoms with Crippen LogP contribution < -0.4 is 5.32 Å². The summed E-state index contributed by atoms with van der Waals surface area (Å²) in [5.41, 5.74) is 3.16. The van der Waals surface area contributed by atoms with E-state index in [1.807, 2.05) is 91.0 Å². The van der Waals surface area contributed by atoms with Gasteiger partial charge in [-0.2, -0.15) is 0 Å². The van der Waals surface area contributed by atoms with Crippen LogP contribution in [0, 0.1) is 0 Å². The zero-order valence-electron chi connectivity index (χ0n) is 31.5. The van der Waals surface area contributed by atoms with Gasteiger partial charge in [-0.25, -0.2) is 18.4 Å². The van der Waals surface area contributed by atoms with E-state index in [2.05, 4.69) is 5.32 Å². The van der Waals surface area contributed by atoms with E-state index in [4.69, 9.17) is 37.9 Å². The maximum absolute atomic E-state index is 17.0. The van der Waals surface area contributed by atoms with Crippen molar-refractivity contribution in [2.75, 3.05) is 27.1 Å². The predicted octanol–water partition coefficient (Wildman–Crippen LogP) is 7.01. The van der Waals surface area contributed by atoms with Crippen LogP contribution in [0.5, 0.6) is 0 Å². The van der Waals surface area contributed by atoms with Gasteiger partial charge in [0.25, 0.3) is 5.92 Å². The fraction of sp³-hybridized carbons (Fsp3) is 0.395. The molecule has 4 aromatic carbocycles. The van der Waals surface area contributed by atoms with Gasteiger partial charge in [0.2, 0.25) is 0 Å². The Labute approximate surface area is 326 Å². The molecule has 1 heterocycles. The second kappa shape index (κ2) is 22.1. The van der Waals surface area contributed by atoms with Crippen molar-refractivity contribution in [1.82, 2.24) is 5.32 Å². The second-order valence-corrected chi connectivity index (χ2v) is 13.1. The van der Waals surface area contributed by atoms with Crippen molar-refractivity contribution < 1.29 is 56.3 Å². The highest BCUT2D eigenvalue weighted by molar-refractivity contribution is 5.81. The molecule has 56 heavy (non-hydrogen) atoms. The summed E-state index contributed by atoms with van der Waals surface area (Å²) < 4.78 is 80.9. The Morgan fingerprint density at radius 1 is 0.679 bits per heavy atom. The minimum atomic E-state index is -3.85. The molecule has 1 saturated heterocycles. The van der Waals surface area contributed by atoms with Gasteiger partial charge < -0.3 is 43.2 Å². The Kier molecular flexibility index (Phi) is 16.7. The lowest BCUT2D eigenvalue weighted by atomic mass is 9.88. The third-order valence-corrected chi connectivity index (χ3v) is 8.94. The molecule has 6 atom stereocenters. The van der Waals surface area contributed by atoms with Gasteiger partial charge in [-0.3, -0.25) is 0 Å². The average Bonchev–Trinajstić information content (AvgIpc) is 3.22. The molecular weight excluding hydrogens is 728 g/mol. The predicted molar refractivity (Wildman–Crippen MR) is 201 cm³/mol. The summed E-state index contributed by atoms with van der Waals surface area (Å²) in [5.74, 6) is -4.92. The normalized spacial score (nSPS) is 20.2. The number of alkyl carbamates (subject to hydrolysis) is 1. The summed E-state index contributed by atoms with van der Waals surface area (Å²) in [5, 5.41) is 2.28. The Bertz CT molecular complexity index is 1720. The highest BCUT2D eigenvalue weighted by atomic mass is 19.3. The van der Waals surface area contributed by atoms with Gasteiger partial charge in [-0.1, -0.05) is 121 Å². The number of hydrogen-bond donors (Lipinski definition) is 1. The number of carbonyl (C=O) groups excluding carboxylic acids is 2. The van der Waals surface area contributed by atoms with Crippen LogP contribution in [0.2, 0.25) is 0 Å². The Morgan fingerprint density at radius 2 is 1.18 bits per heavy atom. The number of alkyl halides is 2. The van der Waals surface area contributed by atoms with Crippen LogP contribution in [0.4, 0.5) is 13.6 Å². The molecule has 1 N–H and O–H groups in total. The van der Waals surface area contributed by atoms with Gasteiger partial charge in [-0.05, 0) is 29.2 Å². The largest absolute Gasteiger partial charge is 0.464 e. The van der Waals surface area contributed by atoms with Gasteiger partial charge >= 0.3 is 12.1 Å². The van der Waals surface area contributed by atoms with Crippen molar-refractivity contribution in [2.24, 2.45) is 0 Å². The first-order valence-corrected chi connectivity index (χ1v) is 18.5. The average molecular weight is 778 g/mol. The minimum Gasteiger partial charge on any atom is -0.464 e. The molecule has 0 spiro atoms. The number of esters is 1. The van der Waals surface area contributed by atoms with Crippen LogP contribution in [0.1, 0.15) is 35.6 Å². The second-order valence-electron chi connectivity index (χ2n) is 13.1. The van der Waals surface area contributed by atoms with E-state index in [1.54, 1.807) is 30.3 Å². The first-order chi connectivity index (χ1) is 27.3. The molecule has 0 aromatic heterocycles. The number of ether oxygens (including phenoxy) is 8. The zero-order valence-corrected chi connectivity index (χ0v) is 31.5. The summed E-state index contributed by atoms with van der Waals surface area (Å²) in [6.45, 7) is 1.03. The molecule has 4 aromatic rings. The first kappa shape index (κ1) is 42.4. The van der Waals surface area contributed by atoms with Crippen LogP contribution in [0.25, 0.3) is 0 Å². The van der Waals surface area contributed by atoms with Crippen LogP contribution in [0.3, 0.4) is 0 Å². The van der Waals surface area contributed by atoms with Crippen molar-refractivity contribution in [3.05, 3.63) is 144 Å². The molecule has 0 bridgehead atoms. The van der Waals surface area contributed by atoms with Crippen molar-refractivity contribution >= 4 is 12.1 Å². The molecule has 1 aliphatic heterocycles. The van der Waals surface area contributed by atoms with E-state index in [-0.39, 0.29) is 39.6 Å². The van der Waals surface area contributed by atoms with Gasteiger partial charge in [0, 0.05) is 13.5 Å². The summed E-state index contributed by atoms with van der Waals surface area (Å²) >= 11 is 0. The van der Waals surface area contributed by atoms with Gasteiger partial charge in [0.1, 0.15) is 43.9 Å². The lowest BCUT2D eigenvalue weighted by molar-refractivity contribution is -0.317. The van der Waals surface area contributed by atoms with E-state index >= 15 is 8.78 Å². The summed E-state index contributed by atoms with van der Waals surface area (Å²) in [4.78, 5) is 26.0. The van der Waals surface area contributed by atoms with E-state index in [1.165, 1.54) is 14.0 Å². The molecule has 0 radical (unpaired) electrons.